The Morgan fingerprint density at radius 3 is 2.28 bits per heavy atom. The minimum absolute atomic E-state index is 0.0543. The van der Waals surface area contributed by atoms with Crippen LogP contribution in [0.2, 0.25) is 0 Å². The number of carbonyl (C=O) groups excluding carboxylic acids is 2. The van der Waals surface area contributed by atoms with Crippen LogP contribution in [0.25, 0.3) is 11.4 Å². The molecule has 8 heteroatoms. The number of rotatable bonds is 6. The van der Waals surface area contributed by atoms with Gasteiger partial charge in [0.25, 0.3) is 0 Å². The molecule has 4 saturated carbocycles. The number of benzene rings is 1. The van der Waals surface area contributed by atoms with E-state index in [0.717, 1.165) is 29.9 Å². The lowest BCUT2D eigenvalue weighted by molar-refractivity contribution is -0.124. The summed E-state index contributed by atoms with van der Waals surface area (Å²) in [7, 11) is 0. The van der Waals surface area contributed by atoms with Crippen molar-refractivity contribution in [2.24, 2.45) is 28.9 Å². The van der Waals surface area contributed by atoms with Gasteiger partial charge in [-0.25, -0.2) is 0 Å². The number of hydrogen-bond donors (Lipinski definition) is 2. The molecule has 8 nitrogen and oxygen atoms in total. The van der Waals surface area contributed by atoms with Crippen LogP contribution < -0.4 is 11.1 Å². The summed E-state index contributed by atoms with van der Waals surface area (Å²) in [6, 6.07) is 6.68. The molecule has 0 radical (unpaired) electrons. The van der Waals surface area contributed by atoms with E-state index in [4.69, 9.17) is 5.73 Å². The Labute approximate surface area is 169 Å². The van der Waals surface area contributed by atoms with Crippen molar-refractivity contribution >= 4 is 11.8 Å². The van der Waals surface area contributed by atoms with Crippen molar-refractivity contribution in [3.63, 3.8) is 0 Å². The Morgan fingerprint density at radius 1 is 1.07 bits per heavy atom. The Hall–Kier alpha value is -2.77. The van der Waals surface area contributed by atoms with Gasteiger partial charge in [0.1, 0.15) is 6.54 Å². The summed E-state index contributed by atoms with van der Waals surface area (Å²) < 4.78 is 0. The minimum Gasteiger partial charge on any atom is -0.366 e. The smallest absolute Gasteiger partial charge is 0.248 e. The molecular formula is C21H26N6O2. The van der Waals surface area contributed by atoms with E-state index in [0.29, 0.717) is 16.8 Å². The molecule has 29 heavy (non-hydrogen) atoms. The van der Waals surface area contributed by atoms with Crippen LogP contribution in [0.5, 0.6) is 0 Å². The Morgan fingerprint density at radius 2 is 1.69 bits per heavy atom. The number of tetrazole rings is 1. The molecule has 0 aliphatic heterocycles. The monoisotopic (exact) mass is 394 g/mol. The van der Waals surface area contributed by atoms with Gasteiger partial charge in [0, 0.05) is 17.7 Å². The number of nitrogens with one attached hydrogen (secondary N) is 1. The van der Waals surface area contributed by atoms with Gasteiger partial charge in [-0.1, -0.05) is 12.1 Å². The molecule has 6 rings (SSSR count). The molecule has 2 amide bonds. The van der Waals surface area contributed by atoms with Crippen LogP contribution in [0.1, 0.15) is 48.9 Å². The number of nitrogens with two attached hydrogens (primary N) is 1. The first kappa shape index (κ1) is 18.3. The van der Waals surface area contributed by atoms with E-state index < -0.39 is 5.91 Å². The van der Waals surface area contributed by atoms with E-state index in [2.05, 4.69) is 20.7 Å². The zero-order valence-electron chi connectivity index (χ0n) is 16.4. The first-order chi connectivity index (χ1) is 14.0. The van der Waals surface area contributed by atoms with Crippen LogP contribution in [-0.2, 0) is 11.3 Å². The van der Waals surface area contributed by atoms with Gasteiger partial charge in [0.2, 0.25) is 17.6 Å². The number of nitrogens with zero attached hydrogens (tertiary/aromatic N) is 4. The number of aromatic nitrogens is 4. The third kappa shape index (κ3) is 3.63. The van der Waals surface area contributed by atoms with Gasteiger partial charge in [-0.15, -0.1) is 10.2 Å². The molecule has 1 aromatic heterocycles. The van der Waals surface area contributed by atoms with Crippen molar-refractivity contribution in [2.75, 3.05) is 6.54 Å². The second kappa shape index (κ2) is 6.93. The highest BCUT2D eigenvalue weighted by atomic mass is 16.2. The van der Waals surface area contributed by atoms with Crippen molar-refractivity contribution in [2.45, 2.75) is 45.1 Å². The molecule has 4 aliphatic carbocycles. The second-order valence-electron chi connectivity index (χ2n) is 9.28. The van der Waals surface area contributed by atoms with E-state index in [9.17, 15) is 9.59 Å². The van der Waals surface area contributed by atoms with Gasteiger partial charge in [0.15, 0.2) is 0 Å². The molecule has 4 aliphatic rings. The highest BCUT2D eigenvalue weighted by Crippen LogP contribution is 2.59. The topological polar surface area (TPSA) is 116 Å². The largest absolute Gasteiger partial charge is 0.366 e. The maximum absolute atomic E-state index is 12.5. The van der Waals surface area contributed by atoms with Crippen LogP contribution in [0, 0.1) is 23.2 Å². The number of primary amides is 1. The van der Waals surface area contributed by atoms with Crippen molar-refractivity contribution in [1.82, 2.24) is 25.5 Å². The van der Waals surface area contributed by atoms with Crippen molar-refractivity contribution in [3.05, 3.63) is 29.8 Å². The molecular weight excluding hydrogens is 368 g/mol. The minimum atomic E-state index is -0.483. The van der Waals surface area contributed by atoms with Gasteiger partial charge < -0.3 is 11.1 Å². The van der Waals surface area contributed by atoms with E-state index >= 15 is 0 Å². The van der Waals surface area contributed by atoms with Crippen LogP contribution in [0.15, 0.2) is 24.3 Å². The molecule has 2 aromatic rings. The summed E-state index contributed by atoms with van der Waals surface area (Å²) >= 11 is 0. The molecule has 3 N–H and O–H groups in total. The highest BCUT2D eigenvalue weighted by molar-refractivity contribution is 5.93. The molecule has 152 valence electrons. The van der Waals surface area contributed by atoms with Crippen molar-refractivity contribution < 1.29 is 9.59 Å². The Kier molecular flexibility index (Phi) is 4.37. The van der Waals surface area contributed by atoms with Crippen LogP contribution in [0.3, 0.4) is 0 Å². The third-order valence-corrected chi connectivity index (χ3v) is 6.99. The molecule has 0 saturated heterocycles. The summed E-state index contributed by atoms with van der Waals surface area (Å²) in [5.74, 6) is 2.48. The maximum atomic E-state index is 12.5. The molecule has 4 bridgehead atoms. The normalized spacial score (nSPS) is 29.7. The number of hydrogen-bond acceptors (Lipinski definition) is 5. The molecule has 0 unspecified atom stereocenters. The summed E-state index contributed by atoms with van der Waals surface area (Å²) in [5, 5.41) is 15.4. The van der Waals surface area contributed by atoms with E-state index in [1.165, 1.54) is 43.3 Å². The quantitative estimate of drug-likeness (QED) is 0.775. The second-order valence-corrected chi connectivity index (χ2v) is 9.28. The fraction of sp³-hybridized carbons (Fsp3) is 0.571. The summed E-state index contributed by atoms with van der Waals surface area (Å²) in [5.41, 5.74) is 6.71. The molecule has 1 aromatic carbocycles. The lowest BCUT2D eigenvalue weighted by Gasteiger charge is -2.56. The average Bonchev–Trinajstić information content (AvgIpc) is 3.14. The first-order valence-corrected chi connectivity index (χ1v) is 10.4. The van der Waals surface area contributed by atoms with Crippen LogP contribution in [0.4, 0.5) is 0 Å². The van der Waals surface area contributed by atoms with Crippen LogP contribution in [-0.4, -0.2) is 38.6 Å². The van der Waals surface area contributed by atoms with Gasteiger partial charge in [-0.05, 0) is 79.0 Å². The fourth-order valence-corrected chi connectivity index (χ4v) is 6.19. The SMILES string of the molecule is NC(=O)c1ccc(-c2nnn(CC(=O)NCC34CC5CC(CC(C5)C3)C4)n2)cc1. The Bertz CT molecular complexity index is 900. The fourth-order valence-electron chi connectivity index (χ4n) is 6.19. The molecule has 0 atom stereocenters. The van der Waals surface area contributed by atoms with E-state index in [-0.39, 0.29) is 12.5 Å². The first-order valence-electron chi connectivity index (χ1n) is 10.4. The van der Waals surface area contributed by atoms with Gasteiger partial charge in [-0.3, -0.25) is 9.59 Å². The summed E-state index contributed by atoms with van der Waals surface area (Å²) in [4.78, 5) is 25.0. The zero-order valence-corrected chi connectivity index (χ0v) is 16.4. The predicted molar refractivity (Wildman–Crippen MR) is 105 cm³/mol. The predicted octanol–water partition coefficient (Wildman–Crippen LogP) is 1.77. The van der Waals surface area contributed by atoms with E-state index in [1.54, 1.807) is 24.3 Å². The Balaban J connectivity index is 1.18. The molecule has 1 heterocycles. The van der Waals surface area contributed by atoms with Crippen LogP contribution >= 0.6 is 0 Å². The van der Waals surface area contributed by atoms with Gasteiger partial charge in [0.05, 0.1) is 0 Å². The number of amides is 2. The van der Waals surface area contributed by atoms with Gasteiger partial charge >= 0.3 is 0 Å². The summed E-state index contributed by atoms with van der Waals surface area (Å²) in [6.07, 6.45) is 8.02. The van der Waals surface area contributed by atoms with Crippen molar-refractivity contribution in [3.8, 4) is 11.4 Å². The van der Waals surface area contributed by atoms with E-state index in [1.807, 2.05) is 0 Å². The highest BCUT2D eigenvalue weighted by Gasteiger charge is 2.50. The standard InChI is InChI=1S/C21H26N6O2/c22-19(29)16-1-3-17(4-2-16)20-24-26-27(25-20)11-18(28)23-12-21-8-13-5-14(9-21)7-15(6-13)10-21/h1-4,13-15H,5-12H2,(H2,22,29)(H,23,28). The molecule has 4 fully saturated rings. The lowest BCUT2D eigenvalue weighted by Crippen LogP contribution is -2.51. The number of carbonyl (C=O) groups is 2. The van der Waals surface area contributed by atoms with Gasteiger partial charge in [-0.2, -0.15) is 4.80 Å². The third-order valence-electron chi connectivity index (χ3n) is 6.99. The zero-order chi connectivity index (χ0) is 20.0. The summed E-state index contributed by atoms with van der Waals surface area (Å²) in [6.45, 7) is 0.824. The molecule has 0 spiro atoms. The average molecular weight is 394 g/mol. The van der Waals surface area contributed by atoms with Crippen molar-refractivity contribution in [1.29, 1.82) is 0 Å². The maximum Gasteiger partial charge on any atom is 0.248 e. The lowest BCUT2D eigenvalue weighted by atomic mass is 9.49.